The molecule has 2 rings (SSSR count). The molecule has 0 aliphatic rings. The lowest BCUT2D eigenvalue weighted by molar-refractivity contribution is 0.0945. The van der Waals surface area contributed by atoms with Gasteiger partial charge in [0.05, 0.1) is 6.21 Å². The van der Waals surface area contributed by atoms with Crippen molar-refractivity contribution in [2.75, 3.05) is 0 Å². The molecule has 0 fully saturated rings. The summed E-state index contributed by atoms with van der Waals surface area (Å²) in [6, 6.07) is 7.74. The van der Waals surface area contributed by atoms with Gasteiger partial charge in [-0.05, 0) is 40.3 Å². The summed E-state index contributed by atoms with van der Waals surface area (Å²) >= 11 is 2.21. The molecular formula is C10H8IN5O. The third kappa shape index (κ3) is 3.34. The van der Waals surface area contributed by atoms with E-state index in [1.807, 2.05) is 24.3 Å². The Kier molecular flexibility index (Phi) is 3.81. The average Bonchev–Trinajstić information content (AvgIpc) is 2.82. The zero-order valence-corrected chi connectivity index (χ0v) is 10.7. The Morgan fingerprint density at radius 1 is 1.53 bits per heavy atom. The van der Waals surface area contributed by atoms with Gasteiger partial charge in [-0.2, -0.15) is 10.2 Å². The lowest BCUT2D eigenvalue weighted by Gasteiger charge is -1.95. The summed E-state index contributed by atoms with van der Waals surface area (Å²) in [6.07, 6.45) is 2.83. The van der Waals surface area contributed by atoms with Crippen LogP contribution in [0.25, 0.3) is 0 Å². The summed E-state index contributed by atoms with van der Waals surface area (Å²) in [5.41, 5.74) is 3.26. The molecule has 1 heterocycles. The summed E-state index contributed by atoms with van der Waals surface area (Å²) in [5, 5.41) is 9.84. The first-order chi connectivity index (χ1) is 8.25. The largest absolute Gasteiger partial charge is 0.308 e. The second-order valence-corrected chi connectivity index (χ2v) is 4.33. The number of hydrazone groups is 1. The number of hydrogen-bond acceptors (Lipinski definition) is 4. The molecule has 1 amide bonds. The molecule has 0 aliphatic carbocycles. The van der Waals surface area contributed by atoms with E-state index in [1.54, 1.807) is 6.21 Å². The molecule has 0 radical (unpaired) electrons. The standard InChI is InChI=1S/C10H8IN5O/c11-8-3-1-2-7(4-8)5-13-16-10(17)9-12-6-14-15-9/h1-6H,(H,16,17)(H,12,14,15). The SMILES string of the molecule is O=C(NN=Cc1cccc(I)c1)c1ncn[nH]1. The highest BCUT2D eigenvalue weighted by atomic mass is 127. The molecule has 0 saturated heterocycles. The number of rotatable bonds is 3. The summed E-state index contributed by atoms with van der Waals surface area (Å²) in [6.45, 7) is 0. The van der Waals surface area contributed by atoms with Crippen molar-refractivity contribution in [3.05, 3.63) is 45.6 Å². The Hall–Kier alpha value is -1.77. The molecule has 0 saturated carbocycles. The van der Waals surface area contributed by atoms with Crippen molar-refractivity contribution in [1.29, 1.82) is 0 Å². The van der Waals surface area contributed by atoms with Crippen LogP contribution in [0.15, 0.2) is 35.7 Å². The number of H-pyrrole nitrogens is 1. The van der Waals surface area contributed by atoms with Crippen LogP contribution in [0.4, 0.5) is 0 Å². The van der Waals surface area contributed by atoms with E-state index in [0.29, 0.717) is 0 Å². The highest BCUT2D eigenvalue weighted by molar-refractivity contribution is 14.1. The highest BCUT2D eigenvalue weighted by Crippen LogP contribution is 2.05. The summed E-state index contributed by atoms with van der Waals surface area (Å²) in [5.74, 6) is -0.297. The van der Waals surface area contributed by atoms with Crippen LogP contribution >= 0.6 is 22.6 Å². The number of aromatic nitrogens is 3. The average molecular weight is 341 g/mol. The van der Waals surface area contributed by atoms with Gasteiger partial charge in [0.25, 0.3) is 0 Å². The van der Waals surface area contributed by atoms with Gasteiger partial charge in [-0.15, -0.1) is 0 Å². The molecule has 1 aromatic heterocycles. The molecule has 0 bridgehead atoms. The van der Waals surface area contributed by atoms with Gasteiger partial charge in [-0.1, -0.05) is 12.1 Å². The maximum Gasteiger partial charge on any atom is 0.308 e. The number of amides is 1. The molecule has 0 spiro atoms. The molecule has 1 aromatic carbocycles. The Labute approximate surface area is 111 Å². The van der Waals surface area contributed by atoms with Crippen molar-refractivity contribution in [1.82, 2.24) is 20.6 Å². The van der Waals surface area contributed by atoms with Gasteiger partial charge in [-0.3, -0.25) is 9.89 Å². The fourth-order valence-corrected chi connectivity index (χ4v) is 1.69. The molecule has 0 aliphatic heterocycles. The zero-order chi connectivity index (χ0) is 12.1. The second kappa shape index (κ2) is 5.53. The molecule has 0 atom stereocenters. The van der Waals surface area contributed by atoms with Crippen LogP contribution in [0.3, 0.4) is 0 Å². The van der Waals surface area contributed by atoms with E-state index < -0.39 is 5.91 Å². The van der Waals surface area contributed by atoms with Gasteiger partial charge in [0.15, 0.2) is 0 Å². The molecule has 2 N–H and O–H groups in total. The van der Waals surface area contributed by atoms with E-state index in [1.165, 1.54) is 6.33 Å². The van der Waals surface area contributed by atoms with E-state index in [9.17, 15) is 4.79 Å². The maximum atomic E-state index is 11.4. The number of benzene rings is 1. The molecule has 2 aromatic rings. The Morgan fingerprint density at radius 3 is 3.12 bits per heavy atom. The molecule has 86 valence electrons. The minimum Gasteiger partial charge on any atom is -0.264 e. The van der Waals surface area contributed by atoms with Gasteiger partial charge in [-0.25, -0.2) is 10.4 Å². The topological polar surface area (TPSA) is 83.0 Å². The number of carbonyl (C=O) groups is 1. The highest BCUT2D eigenvalue weighted by Gasteiger charge is 2.05. The maximum absolute atomic E-state index is 11.4. The van der Waals surface area contributed by atoms with Crippen LogP contribution in [-0.4, -0.2) is 27.3 Å². The van der Waals surface area contributed by atoms with E-state index >= 15 is 0 Å². The second-order valence-electron chi connectivity index (χ2n) is 3.09. The van der Waals surface area contributed by atoms with Gasteiger partial charge in [0, 0.05) is 3.57 Å². The van der Waals surface area contributed by atoms with Crippen LogP contribution in [0.1, 0.15) is 16.2 Å². The van der Waals surface area contributed by atoms with Crippen molar-refractivity contribution in [2.45, 2.75) is 0 Å². The fraction of sp³-hybridized carbons (Fsp3) is 0. The Balaban J connectivity index is 1.96. The quantitative estimate of drug-likeness (QED) is 0.500. The molecular weight excluding hydrogens is 333 g/mol. The molecule has 6 nitrogen and oxygen atoms in total. The lowest BCUT2D eigenvalue weighted by Crippen LogP contribution is -2.19. The monoisotopic (exact) mass is 341 g/mol. The number of hydrogen-bond donors (Lipinski definition) is 2. The number of halogens is 1. The van der Waals surface area contributed by atoms with Gasteiger partial charge < -0.3 is 0 Å². The number of nitrogens with one attached hydrogen (secondary N) is 2. The first kappa shape index (κ1) is 11.7. The van der Waals surface area contributed by atoms with Crippen LogP contribution in [0.2, 0.25) is 0 Å². The van der Waals surface area contributed by atoms with Gasteiger partial charge in [0.1, 0.15) is 6.33 Å². The van der Waals surface area contributed by atoms with Crippen molar-refractivity contribution >= 4 is 34.7 Å². The third-order valence-corrected chi connectivity index (χ3v) is 2.53. The molecule has 0 unspecified atom stereocenters. The smallest absolute Gasteiger partial charge is 0.264 e. The lowest BCUT2D eigenvalue weighted by atomic mass is 10.2. The molecule has 17 heavy (non-hydrogen) atoms. The van der Waals surface area contributed by atoms with Crippen molar-refractivity contribution in [3.8, 4) is 0 Å². The fourth-order valence-electron chi connectivity index (χ4n) is 1.12. The van der Waals surface area contributed by atoms with Crippen LogP contribution in [0, 0.1) is 3.57 Å². The van der Waals surface area contributed by atoms with E-state index in [-0.39, 0.29) is 5.82 Å². The van der Waals surface area contributed by atoms with E-state index in [2.05, 4.69) is 48.3 Å². The number of carbonyl (C=O) groups excluding carboxylic acids is 1. The summed E-state index contributed by atoms with van der Waals surface area (Å²) in [7, 11) is 0. The van der Waals surface area contributed by atoms with Crippen molar-refractivity contribution < 1.29 is 4.79 Å². The minimum atomic E-state index is -0.427. The van der Waals surface area contributed by atoms with Crippen molar-refractivity contribution in [2.24, 2.45) is 5.10 Å². The van der Waals surface area contributed by atoms with Gasteiger partial charge >= 0.3 is 5.91 Å². The van der Waals surface area contributed by atoms with Crippen LogP contribution in [0.5, 0.6) is 0 Å². The predicted molar refractivity (Wildman–Crippen MR) is 70.6 cm³/mol. The van der Waals surface area contributed by atoms with Crippen LogP contribution in [-0.2, 0) is 0 Å². The van der Waals surface area contributed by atoms with Crippen molar-refractivity contribution in [3.63, 3.8) is 0 Å². The predicted octanol–water partition coefficient (Wildman–Crippen LogP) is 1.17. The number of nitrogens with zero attached hydrogens (tertiary/aromatic N) is 3. The molecule has 7 heteroatoms. The summed E-state index contributed by atoms with van der Waals surface area (Å²) < 4.78 is 1.10. The Morgan fingerprint density at radius 2 is 2.41 bits per heavy atom. The third-order valence-electron chi connectivity index (χ3n) is 1.86. The van der Waals surface area contributed by atoms with E-state index in [4.69, 9.17) is 0 Å². The Bertz CT molecular complexity index is 537. The minimum absolute atomic E-state index is 0.129. The van der Waals surface area contributed by atoms with Gasteiger partial charge in [0.2, 0.25) is 5.82 Å². The first-order valence-electron chi connectivity index (χ1n) is 4.70. The van der Waals surface area contributed by atoms with Crippen LogP contribution < -0.4 is 5.43 Å². The first-order valence-corrected chi connectivity index (χ1v) is 5.78. The normalized spacial score (nSPS) is 10.6. The summed E-state index contributed by atoms with van der Waals surface area (Å²) in [4.78, 5) is 15.1. The zero-order valence-electron chi connectivity index (χ0n) is 8.59. The number of aromatic amines is 1. The van der Waals surface area contributed by atoms with E-state index in [0.717, 1.165) is 9.13 Å².